The van der Waals surface area contributed by atoms with Crippen molar-refractivity contribution in [1.29, 1.82) is 0 Å². The third kappa shape index (κ3) is 269. The lowest BCUT2D eigenvalue weighted by Gasteiger charge is -1.88. The van der Waals surface area contributed by atoms with Crippen molar-refractivity contribution in [2.45, 2.75) is 86.0 Å². The molecule has 0 saturated heterocycles. The van der Waals surface area contributed by atoms with Crippen LogP contribution in [0.2, 0.25) is 0 Å². The topological polar surface area (TPSA) is 142 Å². The van der Waals surface area contributed by atoms with Crippen LogP contribution in [0.4, 0.5) is 0 Å². The van der Waals surface area contributed by atoms with Gasteiger partial charge >= 0.3 is 13.4 Å². The van der Waals surface area contributed by atoms with Gasteiger partial charge in [-0.05, 0) is 30.5 Å². The van der Waals surface area contributed by atoms with Crippen LogP contribution in [0.3, 0.4) is 0 Å². The van der Waals surface area contributed by atoms with E-state index in [2.05, 4.69) is 51.3 Å². The van der Waals surface area contributed by atoms with E-state index in [1.165, 1.54) is 51.4 Å². The minimum Gasteiger partial charge on any atom is -0.397 e. The van der Waals surface area contributed by atoms with E-state index in [1.807, 2.05) is 0 Å². The summed E-state index contributed by atoms with van der Waals surface area (Å²) < 4.78 is 0. The summed E-state index contributed by atoms with van der Waals surface area (Å²) in [4.78, 5) is 45.3. The van der Waals surface area contributed by atoms with Crippen molar-refractivity contribution in [2.24, 2.45) is 0 Å². The second-order valence-electron chi connectivity index (χ2n) is 4.76. The first-order valence-electron chi connectivity index (χ1n) is 8.42. The SMILES string of the molecule is CCCCCC.CCCCCC.CCO.OP(O)(O)=S.OP(O)(O)=S. The molecule has 25 heavy (non-hydrogen) atoms. The molecule has 0 saturated carbocycles. The second-order valence-corrected chi connectivity index (χ2v) is 9.75. The average Bonchev–Trinajstić information content (AvgIpc) is 2.41. The van der Waals surface area contributed by atoms with Gasteiger partial charge in [0.1, 0.15) is 0 Å². The fraction of sp³-hybridized carbons (Fsp3) is 1.00. The minimum atomic E-state index is -3.81. The van der Waals surface area contributed by atoms with Gasteiger partial charge in [-0.25, -0.2) is 0 Å². The van der Waals surface area contributed by atoms with Gasteiger partial charge in [-0.1, -0.05) is 79.1 Å². The lowest BCUT2D eigenvalue weighted by molar-refractivity contribution is 0.318. The first-order valence-corrected chi connectivity index (χ1v) is 13.7. The maximum atomic E-state index is 7.57. The average molecular weight is 447 g/mol. The Labute approximate surface area is 164 Å². The summed E-state index contributed by atoms with van der Waals surface area (Å²) in [5, 5.41) is 7.57. The van der Waals surface area contributed by atoms with E-state index in [1.54, 1.807) is 6.92 Å². The summed E-state index contributed by atoms with van der Waals surface area (Å²) in [5.41, 5.74) is 0. The van der Waals surface area contributed by atoms with E-state index in [0.717, 1.165) is 0 Å². The maximum absolute atomic E-state index is 7.57. The van der Waals surface area contributed by atoms with Gasteiger partial charge in [-0.15, -0.1) is 0 Å². The molecule has 0 aromatic rings. The zero-order chi connectivity index (χ0) is 21.4. The molecule has 11 heteroatoms. The molecule has 0 aromatic carbocycles. The molecule has 0 heterocycles. The van der Waals surface area contributed by atoms with Crippen LogP contribution in [0, 0.1) is 0 Å². The van der Waals surface area contributed by atoms with Crippen molar-refractivity contribution in [1.82, 2.24) is 0 Å². The fourth-order valence-electron chi connectivity index (χ4n) is 1.000. The van der Waals surface area contributed by atoms with Crippen LogP contribution in [0.5, 0.6) is 0 Å². The van der Waals surface area contributed by atoms with Gasteiger partial charge in [0, 0.05) is 6.61 Å². The predicted molar refractivity (Wildman–Crippen MR) is 114 cm³/mol. The van der Waals surface area contributed by atoms with Crippen LogP contribution in [-0.2, 0) is 23.6 Å². The summed E-state index contributed by atoms with van der Waals surface area (Å²) in [5.74, 6) is 0. The van der Waals surface area contributed by atoms with E-state index >= 15 is 0 Å². The van der Waals surface area contributed by atoms with Gasteiger partial charge < -0.3 is 34.5 Å². The Kier molecular flexibility index (Phi) is 43.9. The number of aliphatic hydroxyl groups excluding tert-OH is 1. The van der Waals surface area contributed by atoms with E-state index in [9.17, 15) is 0 Å². The molecule has 0 bridgehead atoms. The van der Waals surface area contributed by atoms with Crippen LogP contribution in [0.1, 0.15) is 86.0 Å². The second kappa shape index (κ2) is 29.8. The molecule has 0 aliphatic carbocycles. The number of rotatable bonds is 6. The molecule has 0 unspecified atom stereocenters. The Morgan fingerprint density at radius 2 is 0.600 bits per heavy atom. The van der Waals surface area contributed by atoms with Crippen molar-refractivity contribution in [3.8, 4) is 0 Å². The Morgan fingerprint density at radius 3 is 0.640 bits per heavy atom. The zero-order valence-electron chi connectivity index (χ0n) is 16.2. The van der Waals surface area contributed by atoms with Crippen molar-refractivity contribution in [3.63, 3.8) is 0 Å². The van der Waals surface area contributed by atoms with Crippen LogP contribution < -0.4 is 0 Å². The van der Waals surface area contributed by atoms with E-state index in [0.29, 0.717) is 0 Å². The molecule has 160 valence electrons. The van der Waals surface area contributed by atoms with Gasteiger partial charge in [-0.2, -0.15) is 0 Å². The highest BCUT2D eigenvalue weighted by atomic mass is 32.5. The van der Waals surface area contributed by atoms with Crippen molar-refractivity contribution in [2.75, 3.05) is 6.61 Å². The standard InChI is InChI=1S/2C6H14.C2H6O.2H3O3PS/c2*1-3-5-6-4-2;1-2-3;2*1-4(2,3)5/h2*3-6H2,1-2H3;3H,2H2,1H3;2*(H3,1,2,3,5). The number of hydrogen-bond donors (Lipinski definition) is 7. The Bertz CT molecular complexity index is 244. The molecule has 0 atom stereocenters. The van der Waals surface area contributed by atoms with Gasteiger partial charge in [0.2, 0.25) is 0 Å². The highest BCUT2D eigenvalue weighted by Crippen LogP contribution is 2.26. The molecule has 7 N–H and O–H groups in total. The van der Waals surface area contributed by atoms with Gasteiger partial charge in [-0.3, -0.25) is 0 Å². The Morgan fingerprint density at radius 1 is 0.520 bits per heavy atom. The molecule has 0 amide bonds. The zero-order valence-corrected chi connectivity index (χ0v) is 19.6. The minimum absolute atomic E-state index is 0.250. The van der Waals surface area contributed by atoms with Gasteiger partial charge in [0.15, 0.2) is 0 Å². The monoisotopic (exact) mass is 446 g/mol. The molecule has 0 aromatic heterocycles. The maximum Gasteiger partial charge on any atom is 0.319 e. The van der Waals surface area contributed by atoms with Crippen molar-refractivity contribution in [3.05, 3.63) is 0 Å². The molecule has 0 spiro atoms. The molecule has 0 aliphatic heterocycles. The number of hydrogen-bond acceptors (Lipinski definition) is 3. The summed E-state index contributed by atoms with van der Waals surface area (Å²) in [6.45, 7) is 3.25. The van der Waals surface area contributed by atoms with E-state index < -0.39 is 13.4 Å². The van der Waals surface area contributed by atoms with Gasteiger partial charge in [0.25, 0.3) is 0 Å². The Hall–Kier alpha value is 1.02. The summed E-state index contributed by atoms with van der Waals surface area (Å²) >= 11 is 7.21. The molecular formula is C14H40O7P2S2. The first kappa shape index (κ1) is 36.9. The lowest BCUT2D eigenvalue weighted by Crippen LogP contribution is -1.66. The van der Waals surface area contributed by atoms with E-state index in [-0.39, 0.29) is 6.61 Å². The number of unbranched alkanes of at least 4 members (excludes halogenated alkanes) is 6. The smallest absolute Gasteiger partial charge is 0.319 e. The predicted octanol–water partition coefficient (Wildman–Crippen LogP) is 3.55. The van der Waals surface area contributed by atoms with Crippen LogP contribution in [-0.4, -0.2) is 41.1 Å². The van der Waals surface area contributed by atoms with Crippen molar-refractivity contribution >= 4 is 37.1 Å². The molecule has 0 fully saturated rings. The summed E-state index contributed by atoms with van der Waals surface area (Å²) in [6, 6.07) is 0. The Balaban J connectivity index is -0.0000000678. The summed E-state index contributed by atoms with van der Waals surface area (Å²) in [6.07, 6.45) is 11.1. The summed E-state index contributed by atoms with van der Waals surface area (Å²) in [7, 11) is 0. The third-order valence-corrected chi connectivity index (χ3v) is 1.91. The van der Waals surface area contributed by atoms with Crippen LogP contribution in [0.25, 0.3) is 0 Å². The van der Waals surface area contributed by atoms with Crippen LogP contribution >= 0.6 is 13.4 Å². The van der Waals surface area contributed by atoms with E-state index in [4.69, 9.17) is 34.5 Å². The highest BCUT2D eigenvalue weighted by molar-refractivity contribution is 8.06. The van der Waals surface area contributed by atoms with Gasteiger partial charge in [0.05, 0.1) is 0 Å². The molecule has 0 aliphatic rings. The molecule has 0 rings (SSSR count). The largest absolute Gasteiger partial charge is 0.397 e. The van der Waals surface area contributed by atoms with Crippen LogP contribution in [0.15, 0.2) is 0 Å². The molecule has 7 nitrogen and oxygen atoms in total. The molecular weight excluding hydrogens is 406 g/mol. The normalized spacial score (nSPS) is 9.76. The lowest BCUT2D eigenvalue weighted by atomic mass is 10.2. The molecule has 0 radical (unpaired) electrons. The quantitative estimate of drug-likeness (QED) is 0.241. The first-order chi connectivity index (χ1) is 11.2. The highest BCUT2D eigenvalue weighted by Gasteiger charge is 1.92. The fourth-order valence-corrected chi connectivity index (χ4v) is 1.000. The third-order valence-electron chi connectivity index (χ3n) is 1.91. The van der Waals surface area contributed by atoms with Crippen molar-refractivity contribution < 1.29 is 34.5 Å². The number of aliphatic hydroxyl groups is 1.